The summed E-state index contributed by atoms with van der Waals surface area (Å²) in [6.45, 7) is 8.09. The second-order valence-electron chi connectivity index (χ2n) is 5.32. The van der Waals surface area contributed by atoms with Gasteiger partial charge in [0.1, 0.15) is 0 Å². The third-order valence-corrected chi connectivity index (χ3v) is 3.97. The van der Waals surface area contributed by atoms with Gasteiger partial charge in [-0.3, -0.25) is 4.90 Å². The molecule has 18 heavy (non-hydrogen) atoms. The van der Waals surface area contributed by atoms with Crippen LogP contribution in [0.1, 0.15) is 32.3 Å². The molecule has 1 aromatic rings. The normalized spacial score (nSPS) is 25.2. The summed E-state index contributed by atoms with van der Waals surface area (Å²) in [4.78, 5) is 2.65. The summed E-state index contributed by atoms with van der Waals surface area (Å²) in [5.41, 5.74) is 1.44. The van der Waals surface area contributed by atoms with Crippen molar-refractivity contribution in [3.63, 3.8) is 0 Å². The average Bonchev–Trinajstić information content (AvgIpc) is 2.42. The first kappa shape index (κ1) is 13.6. The fraction of sp³-hybridized carbons (Fsp3) is 0.625. The predicted octanol–water partition coefficient (Wildman–Crippen LogP) is 2.69. The molecule has 0 amide bonds. The van der Waals surface area contributed by atoms with Gasteiger partial charge in [-0.15, -0.1) is 0 Å². The lowest BCUT2D eigenvalue weighted by Crippen LogP contribution is -2.56. The molecule has 0 radical (unpaired) electrons. The van der Waals surface area contributed by atoms with E-state index < -0.39 is 0 Å². The van der Waals surface area contributed by atoms with E-state index in [0.29, 0.717) is 6.04 Å². The second-order valence-corrected chi connectivity index (χ2v) is 5.32. The molecule has 0 aliphatic carbocycles. The highest BCUT2D eigenvalue weighted by Gasteiger charge is 2.25. The number of piperazine rings is 1. The molecule has 0 saturated carbocycles. The lowest BCUT2D eigenvalue weighted by molar-refractivity contribution is 0.129. The van der Waals surface area contributed by atoms with Gasteiger partial charge in [0.2, 0.25) is 0 Å². The molecule has 0 bridgehead atoms. The van der Waals surface area contributed by atoms with Crippen molar-refractivity contribution >= 4 is 0 Å². The summed E-state index contributed by atoms with van der Waals surface area (Å²) in [6.07, 6.45) is 3.75. The third-order valence-electron chi connectivity index (χ3n) is 3.97. The summed E-state index contributed by atoms with van der Waals surface area (Å²) < 4.78 is 0. The monoisotopic (exact) mass is 246 g/mol. The van der Waals surface area contributed by atoms with Crippen molar-refractivity contribution in [2.24, 2.45) is 0 Å². The lowest BCUT2D eigenvalue weighted by Gasteiger charge is -2.40. The minimum atomic E-state index is 0.612. The Morgan fingerprint density at radius 1 is 1.22 bits per heavy atom. The molecule has 1 fully saturated rings. The number of benzene rings is 1. The van der Waals surface area contributed by atoms with Crippen LogP contribution < -0.4 is 5.32 Å². The van der Waals surface area contributed by atoms with Gasteiger partial charge in [-0.25, -0.2) is 0 Å². The van der Waals surface area contributed by atoms with E-state index in [1.54, 1.807) is 0 Å². The van der Waals surface area contributed by atoms with Crippen LogP contribution in [0.5, 0.6) is 0 Å². The lowest BCUT2D eigenvalue weighted by atomic mass is 10.00. The van der Waals surface area contributed by atoms with Crippen LogP contribution in [0.4, 0.5) is 0 Å². The highest BCUT2D eigenvalue weighted by atomic mass is 15.2. The molecule has 2 nitrogen and oxygen atoms in total. The summed E-state index contributed by atoms with van der Waals surface area (Å²) >= 11 is 0. The standard InChI is InChI=1S/C16H26N2/c1-3-8-16-12-17-15(13-18(16)4-2)11-14-9-6-5-7-10-14/h5-7,9-10,15-17H,3-4,8,11-13H2,1-2H3. The van der Waals surface area contributed by atoms with Crippen molar-refractivity contribution in [3.05, 3.63) is 35.9 Å². The molecular formula is C16H26N2. The molecule has 100 valence electrons. The van der Waals surface area contributed by atoms with Gasteiger partial charge in [-0.05, 0) is 24.9 Å². The second kappa shape index (κ2) is 6.91. The Kier molecular flexibility index (Phi) is 5.21. The first-order valence-corrected chi connectivity index (χ1v) is 7.34. The molecule has 1 heterocycles. The number of hydrogen-bond acceptors (Lipinski definition) is 2. The molecule has 2 atom stereocenters. The smallest absolute Gasteiger partial charge is 0.0236 e. The van der Waals surface area contributed by atoms with Crippen molar-refractivity contribution in [2.75, 3.05) is 19.6 Å². The molecule has 1 aliphatic rings. The van der Waals surface area contributed by atoms with E-state index >= 15 is 0 Å². The maximum Gasteiger partial charge on any atom is 0.0236 e. The van der Waals surface area contributed by atoms with Crippen molar-refractivity contribution in [3.8, 4) is 0 Å². The minimum absolute atomic E-state index is 0.612. The number of likely N-dealkylation sites (N-methyl/N-ethyl adjacent to an activating group) is 1. The Hall–Kier alpha value is -0.860. The van der Waals surface area contributed by atoms with Crippen LogP contribution in [0.15, 0.2) is 30.3 Å². The van der Waals surface area contributed by atoms with Crippen molar-refractivity contribution in [2.45, 2.75) is 45.2 Å². The number of nitrogens with one attached hydrogen (secondary N) is 1. The topological polar surface area (TPSA) is 15.3 Å². The summed E-state index contributed by atoms with van der Waals surface area (Å²) in [5, 5.41) is 3.73. The first-order chi connectivity index (χ1) is 8.83. The van der Waals surface area contributed by atoms with Gasteiger partial charge in [-0.2, -0.15) is 0 Å². The van der Waals surface area contributed by atoms with Crippen LogP contribution in [0, 0.1) is 0 Å². The fourth-order valence-electron chi connectivity index (χ4n) is 2.97. The van der Waals surface area contributed by atoms with Gasteiger partial charge in [0.15, 0.2) is 0 Å². The Balaban J connectivity index is 1.89. The van der Waals surface area contributed by atoms with Crippen LogP contribution in [0.3, 0.4) is 0 Å². The predicted molar refractivity (Wildman–Crippen MR) is 77.9 cm³/mol. The van der Waals surface area contributed by atoms with Gasteiger partial charge < -0.3 is 5.32 Å². The van der Waals surface area contributed by atoms with Crippen LogP contribution in [-0.4, -0.2) is 36.6 Å². The van der Waals surface area contributed by atoms with Crippen LogP contribution in [0.25, 0.3) is 0 Å². The highest BCUT2D eigenvalue weighted by molar-refractivity contribution is 5.16. The molecule has 1 aromatic carbocycles. The summed E-state index contributed by atoms with van der Waals surface area (Å²) in [6, 6.07) is 12.2. The number of rotatable bonds is 5. The van der Waals surface area contributed by atoms with Gasteiger partial charge in [0.05, 0.1) is 0 Å². The Morgan fingerprint density at radius 2 is 2.00 bits per heavy atom. The van der Waals surface area contributed by atoms with Gasteiger partial charge in [0, 0.05) is 25.2 Å². The molecule has 2 rings (SSSR count). The summed E-state index contributed by atoms with van der Waals surface area (Å²) in [5.74, 6) is 0. The Morgan fingerprint density at radius 3 is 2.67 bits per heavy atom. The number of hydrogen-bond donors (Lipinski definition) is 1. The van der Waals surface area contributed by atoms with E-state index in [1.807, 2.05) is 0 Å². The Labute approximate surface area is 111 Å². The molecule has 0 spiro atoms. The minimum Gasteiger partial charge on any atom is -0.311 e. The molecular weight excluding hydrogens is 220 g/mol. The zero-order valence-corrected chi connectivity index (χ0v) is 11.7. The molecule has 2 unspecified atom stereocenters. The van der Waals surface area contributed by atoms with Crippen molar-refractivity contribution in [1.82, 2.24) is 10.2 Å². The van der Waals surface area contributed by atoms with E-state index in [1.165, 1.54) is 31.5 Å². The molecule has 1 aliphatic heterocycles. The van der Waals surface area contributed by atoms with E-state index in [9.17, 15) is 0 Å². The maximum absolute atomic E-state index is 3.73. The quantitative estimate of drug-likeness (QED) is 0.859. The van der Waals surface area contributed by atoms with Gasteiger partial charge >= 0.3 is 0 Å². The molecule has 2 heteroatoms. The van der Waals surface area contributed by atoms with Crippen molar-refractivity contribution in [1.29, 1.82) is 0 Å². The average molecular weight is 246 g/mol. The zero-order chi connectivity index (χ0) is 12.8. The maximum atomic E-state index is 3.73. The van der Waals surface area contributed by atoms with Crippen LogP contribution in [0.2, 0.25) is 0 Å². The molecule has 0 aromatic heterocycles. The third kappa shape index (κ3) is 3.56. The van der Waals surface area contributed by atoms with Gasteiger partial charge in [0.25, 0.3) is 0 Å². The van der Waals surface area contributed by atoms with Crippen LogP contribution >= 0.6 is 0 Å². The largest absolute Gasteiger partial charge is 0.311 e. The van der Waals surface area contributed by atoms with Gasteiger partial charge in [-0.1, -0.05) is 50.6 Å². The van der Waals surface area contributed by atoms with Crippen molar-refractivity contribution < 1.29 is 0 Å². The highest BCUT2D eigenvalue weighted by Crippen LogP contribution is 2.14. The van der Waals surface area contributed by atoms with E-state index in [-0.39, 0.29) is 0 Å². The fourth-order valence-corrected chi connectivity index (χ4v) is 2.97. The molecule has 1 saturated heterocycles. The SMILES string of the molecule is CCCC1CNC(Cc2ccccc2)CN1CC. The zero-order valence-electron chi connectivity index (χ0n) is 11.7. The molecule has 1 N–H and O–H groups in total. The Bertz CT molecular complexity index is 336. The summed E-state index contributed by atoms with van der Waals surface area (Å²) in [7, 11) is 0. The number of nitrogens with zero attached hydrogens (tertiary/aromatic N) is 1. The van der Waals surface area contributed by atoms with E-state index in [0.717, 1.165) is 19.0 Å². The van der Waals surface area contributed by atoms with Crippen LogP contribution in [-0.2, 0) is 6.42 Å². The van der Waals surface area contributed by atoms with E-state index in [2.05, 4.69) is 54.4 Å². The first-order valence-electron chi connectivity index (χ1n) is 7.34. The van der Waals surface area contributed by atoms with E-state index in [4.69, 9.17) is 0 Å².